The molecule has 124 valence electrons. The second kappa shape index (κ2) is 8.45. The van der Waals surface area contributed by atoms with Crippen LogP contribution in [-0.2, 0) is 16.1 Å². The van der Waals surface area contributed by atoms with Crippen molar-refractivity contribution >= 4 is 33.9 Å². The number of carbonyl (C=O) groups is 2. The second-order valence-electron chi connectivity index (χ2n) is 5.27. The van der Waals surface area contributed by atoms with Gasteiger partial charge in [-0.2, -0.15) is 0 Å². The average molecular weight is 388 g/mol. The molecule has 0 saturated carbocycles. The summed E-state index contributed by atoms with van der Waals surface area (Å²) >= 11 is 3.38. The Morgan fingerprint density at radius 1 is 1.08 bits per heavy atom. The number of halogens is 1. The smallest absolute Gasteiger partial charge is 0.337 e. The molecule has 0 saturated heterocycles. The maximum Gasteiger partial charge on any atom is 0.337 e. The van der Waals surface area contributed by atoms with Gasteiger partial charge in [-0.3, -0.25) is 4.79 Å². The van der Waals surface area contributed by atoms with E-state index in [-0.39, 0.29) is 11.9 Å². The van der Waals surface area contributed by atoms with Crippen LogP contribution in [0.4, 0.5) is 0 Å². The van der Waals surface area contributed by atoms with Crippen molar-refractivity contribution in [2.45, 2.75) is 6.54 Å². The predicted octanol–water partition coefficient (Wildman–Crippen LogP) is 3.91. The van der Waals surface area contributed by atoms with Gasteiger partial charge in [-0.05, 0) is 41.5 Å². The first kappa shape index (κ1) is 17.9. The summed E-state index contributed by atoms with van der Waals surface area (Å²) in [5.41, 5.74) is 2.39. The summed E-state index contributed by atoms with van der Waals surface area (Å²) in [6.45, 7) is 0.463. The molecule has 0 aliphatic carbocycles. The molecule has 0 heterocycles. The Morgan fingerprint density at radius 3 is 2.29 bits per heavy atom. The van der Waals surface area contributed by atoms with Gasteiger partial charge < -0.3 is 9.64 Å². The third-order valence-corrected chi connectivity index (χ3v) is 3.99. The number of carbonyl (C=O) groups excluding carboxylic acids is 2. The molecule has 0 spiro atoms. The summed E-state index contributed by atoms with van der Waals surface area (Å²) in [5.74, 6) is -0.460. The number of ether oxygens (including phenoxy) is 1. The molecule has 5 heteroatoms. The molecule has 4 nitrogen and oxygen atoms in total. The molecular weight excluding hydrogens is 370 g/mol. The Balaban J connectivity index is 1.95. The maximum absolute atomic E-state index is 12.2. The lowest BCUT2D eigenvalue weighted by Crippen LogP contribution is -2.24. The summed E-state index contributed by atoms with van der Waals surface area (Å²) in [7, 11) is 3.09. The zero-order valence-corrected chi connectivity index (χ0v) is 15.1. The third kappa shape index (κ3) is 5.06. The van der Waals surface area contributed by atoms with Crippen LogP contribution in [0.5, 0.6) is 0 Å². The van der Waals surface area contributed by atoms with Crippen LogP contribution in [0.3, 0.4) is 0 Å². The van der Waals surface area contributed by atoms with Crippen LogP contribution in [0.1, 0.15) is 21.5 Å². The molecule has 0 radical (unpaired) electrons. The van der Waals surface area contributed by atoms with Crippen molar-refractivity contribution in [2.24, 2.45) is 0 Å². The lowest BCUT2D eigenvalue weighted by Gasteiger charge is -2.15. The highest BCUT2D eigenvalue weighted by atomic mass is 79.9. The van der Waals surface area contributed by atoms with Gasteiger partial charge in [0.25, 0.3) is 0 Å². The summed E-state index contributed by atoms with van der Waals surface area (Å²) in [6, 6.07) is 14.7. The third-order valence-electron chi connectivity index (χ3n) is 3.46. The molecule has 0 atom stereocenters. The lowest BCUT2D eigenvalue weighted by molar-refractivity contribution is -0.125. The molecule has 2 aromatic carbocycles. The van der Waals surface area contributed by atoms with Crippen LogP contribution < -0.4 is 0 Å². The SMILES string of the molecule is COC(=O)c1ccc(CN(C)C(=O)C=Cc2ccc(Br)cc2)cc1. The Kier molecular flexibility index (Phi) is 6.32. The molecule has 0 unspecified atom stereocenters. The van der Waals surface area contributed by atoms with Gasteiger partial charge in [-0.25, -0.2) is 4.79 Å². The number of esters is 1. The number of methoxy groups -OCH3 is 1. The minimum Gasteiger partial charge on any atom is -0.465 e. The highest BCUT2D eigenvalue weighted by molar-refractivity contribution is 9.10. The molecular formula is C19H18BrNO3. The number of benzene rings is 2. The fourth-order valence-corrected chi connectivity index (χ4v) is 2.35. The van der Waals surface area contributed by atoms with E-state index in [2.05, 4.69) is 20.7 Å². The Hall–Kier alpha value is -2.40. The molecule has 0 N–H and O–H groups in total. The number of hydrogen-bond acceptors (Lipinski definition) is 3. The molecule has 2 aromatic rings. The zero-order valence-electron chi connectivity index (χ0n) is 13.5. The van der Waals surface area contributed by atoms with Gasteiger partial charge in [0.2, 0.25) is 5.91 Å². The van der Waals surface area contributed by atoms with E-state index in [1.165, 1.54) is 7.11 Å². The van der Waals surface area contributed by atoms with Gasteiger partial charge >= 0.3 is 5.97 Å². The standard InChI is InChI=1S/C19H18BrNO3/c1-21(13-15-3-8-16(9-4-15)19(23)24-2)18(22)12-7-14-5-10-17(20)11-6-14/h3-12H,13H2,1-2H3. The Morgan fingerprint density at radius 2 is 1.71 bits per heavy atom. The highest BCUT2D eigenvalue weighted by Crippen LogP contribution is 2.12. The van der Waals surface area contributed by atoms with E-state index in [1.54, 1.807) is 36.2 Å². The zero-order chi connectivity index (χ0) is 17.5. The number of nitrogens with zero attached hydrogens (tertiary/aromatic N) is 1. The summed E-state index contributed by atoms with van der Waals surface area (Å²) in [4.78, 5) is 25.2. The van der Waals surface area contributed by atoms with Gasteiger partial charge in [-0.15, -0.1) is 0 Å². The van der Waals surface area contributed by atoms with Crippen molar-refractivity contribution in [1.29, 1.82) is 0 Å². The van der Waals surface area contributed by atoms with Gasteiger partial charge in [0.1, 0.15) is 0 Å². The number of likely N-dealkylation sites (N-methyl/N-ethyl adjacent to an activating group) is 1. The first-order valence-corrected chi connectivity index (χ1v) is 8.15. The van der Waals surface area contributed by atoms with Crippen molar-refractivity contribution in [1.82, 2.24) is 4.90 Å². The maximum atomic E-state index is 12.2. The second-order valence-corrected chi connectivity index (χ2v) is 6.18. The summed E-state index contributed by atoms with van der Waals surface area (Å²) in [6.07, 6.45) is 3.33. The monoisotopic (exact) mass is 387 g/mol. The molecule has 24 heavy (non-hydrogen) atoms. The highest BCUT2D eigenvalue weighted by Gasteiger charge is 2.08. The molecule has 0 bridgehead atoms. The van der Waals surface area contributed by atoms with E-state index < -0.39 is 0 Å². The van der Waals surface area contributed by atoms with E-state index >= 15 is 0 Å². The number of rotatable bonds is 5. The molecule has 0 aromatic heterocycles. The van der Waals surface area contributed by atoms with Crippen LogP contribution in [0.2, 0.25) is 0 Å². The van der Waals surface area contributed by atoms with Crippen LogP contribution in [0, 0.1) is 0 Å². The predicted molar refractivity (Wildman–Crippen MR) is 97.4 cm³/mol. The van der Waals surface area contributed by atoms with E-state index in [0.29, 0.717) is 12.1 Å². The lowest BCUT2D eigenvalue weighted by atomic mass is 10.1. The Bertz CT molecular complexity index is 736. The summed E-state index contributed by atoms with van der Waals surface area (Å²) < 4.78 is 5.66. The quantitative estimate of drug-likeness (QED) is 0.577. The van der Waals surface area contributed by atoms with Crippen molar-refractivity contribution in [3.63, 3.8) is 0 Å². The largest absolute Gasteiger partial charge is 0.465 e. The van der Waals surface area contributed by atoms with Gasteiger partial charge in [0.15, 0.2) is 0 Å². The van der Waals surface area contributed by atoms with Gasteiger partial charge in [0.05, 0.1) is 12.7 Å². The summed E-state index contributed by atoms with van der Waals surface area (Å²) in [5, 5.41) is 0. The van der Waals surface area contributed by atoms with E-state index in [9.17, 15) is 9.59 Å². The first-order chi connectivity index (χ1) is 11.5. The molecule has 0 aliphatic heterocycles. The number of amides is 1. The minimum atomic E-state index is -0.372. The first-order valence-electron chi connectivity index (χ1n) is 7.35. The van der Waals surface area contributed by atoms with E-state index in [4.69, 9.17) is 0 Å². The van der Waals surface area contributed by atoms with Crippen LogP contribution in [-0.4, -0.2) is 30.9 Å². The molecule has 0 aliphatic rings. The average Bonchev–Trinajstić information content (AvgIpc) is 2.60. The fourth-order valence-electron chi connectivity index (χ4n) is 2.08. The van der Waals surface area contributed by atoms with Crippen molar-refractivity contribution in [3.05, 3.63) is 75.8 Å². The van der Waals surface area contributed by atoms with Gasteiger partial charge in [-0.1, -0.05) is 40.2 Å². The fraction of sp³-hybridized carbons (Fsp3) is 0.158. The van der Waals surface area contributed by atoms with Crippen molar-refractivity contribution in [3.8, 4) is 0 Å². The number of hydrogen-bond donors (Lipinski definition) is 0. The van der Waals surface area contributed by atoms with Gasteiger partial charge in [0, 0.05) is 24.1 Å². The van der Waals surface area contributed by atoms with E-state index in [0.717, 1.165) is 15.6 Å². The van der Waals surface area contributed by atoms with Crippen LogP contribution >= 0.6 is 15.9 Å². The normalized spacial score (nSPS) is 10.6. The topological polar surface area (TPSA) is 46.6 Å². The molecule has 2 rings (SSSR count). The van der Waals surface area contributed by atoms with Crippen molar-refractivity contribution in [2.75, 3.05) is 14.2 Å². The molecule has 0 fully saturated rings. The Labute approximate surface area is 149 Å². The van der Waals surface area contributed by atoms with E-state index in [1.807, 2.05) is 36.4 Å². The van der Waals surface area contributed by atoms with Crippen LogP contribution in [0.25, 0.3) is 6.08 Å². The van der Waals surface area contributed by atoms with Crippen LogP contribution in [0.15, 0.2) is 59.1 Å². The minimum absolute atomic E-state index is 0.0880. The van der Waals surface area contributed by atoms with Crippen molar-refractivity contribution < 1.29 is 14.3 Å². The molecule has 1 amide bonds.